The van der Waals surface area contributed by atoms with E-state index in [4.69, 9.17) is 4.74 Å². The van der Waals surface area contributed by atoms with Crippen molar-refractivity contribution in [2.45, 2.75) is 52.1 Å². The molecule has 0 aliphatic carbocycles. The van der Waals surface area contributed by atoms with E-state index in [9.17, 15) is 4.79 Å². The van der Waals surface area contributed by atoms with Gasteiger partial charge in [0.15, 0.2) is 0 Å². The van der Waals surface area contributed by atoms with Gasteiger partial charge in [0.05, 0.1) is 0 Å². The molecule has 124 valence electrons. The number of imidazole rings is 1. The first-order valence-electron chi connectivity index (χ1n) is 8.26. The Morgan fingerprint density at radius 2 is 1.96 bits per heavy atom. The highest BCUT2D eigenvalue weighted by atomic mass is 16.6. The van der Waals surface area contributed by atoms with Crippen LogP contribution in [0.1, 0.15) is 50.9 Å². The second kappa shape index (κ2) is 5.87. The van der Waals surface area contributed by atoms with Gasteiger partial charge in [-0.2, -0.15) is 0 Å². The lowest BCUT2D eigenvalue weighted by Gasteiger charge is -2.33. The smallest absolute Gasteiger partial charge is 0.410 e. The van der Waals surface area contributed by atoms with E-state index in [0.29, 0.717) is 5.92 Å². The van der Waals surface area contributed by atoms with Crippen molar-refractivity contribution in [2.24, 2.45) is 0 Å². The second-order valence-corrected chi connectivity index (χ2v) is 7.29. The number of carbonyl (C=O) groups is 1. The number of pyridine rings is 1. The molecule has 2 aromatic rings. The molecule has 5 heteroatoms. The summed E-state index contributed by atoms with van der Waals surface area (Å²) in [4.78, 5) is 18.5. The number of aromatic nitrogens is 2. The quantitative estimate of drug-likeness (QED) is 0.805. The van der Waals surface area contributed by atoms with Crippen LogP contribution in [0.3, 0.4) is 0 Å². The molecule has 3 heterocycles. The molecule has 0 bridgehead atoms. The zero-order valence-corrected chi connectivity index (χ0v) is 14.4. The Hall–Kier alpha value is -2.04. The van der Waals surface area contributed by atoms with Crippen molar-refractivity contribution in [3.05, 3.63) is 35.8 Å². The number of hydrogen-bond donors (Lipinski definition) is 0. The molecule has 0 N–H and O–H groups in total. The number of amides is 1. The maximum atomic E-state index is 12.2. The highest BCUT2D eigenvalue weighted by molar-refractivity contribution is 5.68. The lowest BCUT2D eigenvalue weighted by molar-refractivity contribution is 0.0204. The van der Waals surface area contributed by atoms with E-state index in [-0.39, 0.29) is 6.09 Å². The number of aryl methyl sites for hydroxylation is 1. The average molecular weight is 315 g/mol. The minimum atomic E-state index is -0.438. The van der Waals surface area contributed by atoms with Gasteiger partial charge in [0.1, 0.15) is 11.2 Å². The van der Waals surface area contributed by atoms with Gasteiger partial charge in [-0.15, -0.1) is 0 Å². The molecule has 23 heavy (non-hydrogen) atoms. The highest BCUT2D eigenvalue weighted by Crippen LogP contribution is 2.29. The second-order valence-electron chi connectivity index (χ2n) is 7.29. The fourth-order valence-electron chi connectivity index (χ4n) is 3.20. The van der Waals surface area contributed by atoms with E-state index in [1.165, 1.54) is 11.4 Å². The molecular formula is C18H25N3O2. The summed E-state index contributed by atoms with van der Waals surface area (Å²) in [6.07, 6.45) is 3.67. The minimum Gasteiger partial charge on any atom is -0.444 e. The number of hydrogen-bond acceptors (Lipinski definition) is 3. The third-order valence-electron chi connectivity index (χ3n) is 4.32. The molecule has 0 radical (unpaired) electrons. The van der Waals surface area contributed by atoms with Crippen molar-refractivity contribution in [3.8, 4) is 0 Å². The van der Waals surface area contributed by atoms with Gasteiger partial charge in [-0.25, -0.2) is 9.78 Å². The Bertz CT molecular complexity index is 707. The Labute approximate surface area is 137 Å². The van der Waals surface area contributed by atoms with Crippen molar-refractivity contribution < 1.29 is 9.53 Å². The third-order valence-corrected chi connectivity index (χ3v) is 4.32. The molecule has 0 aromatic carbocycles. The summed E-state index contributed by atoms with van der Waals surface area (Å²) in [5, 5.41) is 0. The summed E-state index contributed by atoms with van der Waals surface area (Å²) in [6, 6.07) is 6.17. The molecule has 0 spiro atoms. The lowest BCUT2D eigenvalue weighted by Crippen LogP contribution is -2.41. The standard InChI is InChI=1S/C18H25N3O2/c1-13-6-5-7-16-19-12-15(21(13)16)14-8-10-20(11-9-14)17(22)23-18(2,3)4/h5-7,12,14H,8-11H2,1-4H3. The van der Waals surface area contributed by atoms with E-state index in [0.717, 1.165) is 31.6 Å². The predicted octanol–water partition coefficient (Wildman–Crippen LogP) is 3.76. The predicted molar refractivity (Wildman–Crippen MR) is 89.7 cm³/mol. The molecule has 0 saturated carbocycles. The van der Waals surface area contributed by atoms with Crippen LogP contribution in [0.5, 0.6) is 0 Å². The topological polar surface area (TPSA) is 46.8 Å². The van der Waals surface area contributed by atoms with E-state index >= 15 is 0 Å². The Morgan fingerprint density at radius 3 is 2.61 bits per heavy atom. The van der Waals surface area contributed by atoms with Crippen LogP contribution in [-0.4, -0.2) is 39.1 Å². The van der Waals surface area contributed by atoms with Gasteiger partial charge in [-0.1, -0.05) is 6.07 Å². The zero-order valence-electron chi connectivity index (χ0n) is 14.4. The maximum Gasteiger partial charge on any atom is 0.410 e. The Morgan fingerprint density at radius 1 is 1.26 bits per heavy atom. The number of likely N-dealkylation sites (tertiary alicyclic amines) is 1. The number of rotatable bonds is 1. The summed E-state index contributed by atoms with van der Waals surface area (Å²) in [5.41, 5.74) is 3.01. The number of ether oxygens (including phenoxy) is 1. The third kappa shape index (κ3) is 3.33. The van der Waals surface area contributed by atoms with E-state index in [1.54, 1.807) is 0 Å². The Kier molecular flexibility index (Phi) is 4.04. The lowest BCUT2D eigenvalue weighted by atomic mass is 9.94. The van der Waals surface area contributed by atoms with Crippen molar-refractivity contribution in [2.75, 3.05) is 13.1 Å². The van der Waals surface area contributed by atoms with Gasteiger partial charge in [0.25, 0.3) is 0 Å². The Balaban J connectivity index is 1.70. The van der Waals surface area contributed by atoms with Crippen molar-refractivity contribution in [1.82, 2.24) is 14.3 Å². The minimum absolute atomic E-state index is 0.203. The van der Waals surface area contributed by atoms with Crippen LogP contribution in [0.2, 0.25) is 0 Å². The number of nitrogens with zero attached hydrogens (tertiary/aromatic N) is 3. The SMILES string of the molecule is Cc1cccc2ncc(C3CCN(C(=O)OC(C)(C)C)CC3)n12. The largest absolute Gasteiger partial charge is 0.444 e. The fourth-order valence-corrected chi connectivity index (χ4v) is 3.20. The summed E-state index contributed by atoms with van der Waals surface area (Å²) in [5.74, 6) is 0.435. The van der Waals surface area contributed by atoms with Gasteiger partial charge >= 0.3 is 6.09 Å². The van der Waals surface area contributed by atoms with Crippen LogP contribution in [0.4, 0.5) is 4.79 Å². The highest BCUT2D eigenvalue weighted by Gasteiger charge is 2.28. The fraction of sp³-hybridized carbons (Fsp3) is 0.556. The molecule has 0 unspecified atom stereocenters. The van der Waals surface area contributed by atoms with Crippen LogP contribution in [0.15, 0.2) is 24.4 Å². The molecule has 1 saturated heterocycles. The van der Waals surface area contributed by atoms with Crippen LogP contribution >= 0.6 is 0 Å². The number of piperidine rings is 1. The number of carbonyl (C=O) groups excluding carboxylic acids is 1. The molecule has 1 amide bonds. The van der Waals surface area contributed by atoms with Crippen molar-refractivity contribution >= 4 is 11.7 Å². The molecule has 2 aromatic heterocycles. The molecule has 0 atom stereocenters. The molecule has 1 fully saturated rings. The molecule has 1 aliphatic rings. The normalized spacial score (nSPS) is 16.8. The first-order valence-corrected chi connectivity index (χ1v) is 8.26. The summed E-state index contributed by atoms with van der Waals surface area (Å²) in [6.45, 7) is 9.28. The first-order chi connectivity index (χ1) is 10.8. The molecular weight excluding hydrogens is 290 g/mol. The van der Waals surface area contributed by atoms with Crippen LogP contribution < -0.4 is 0 Å². The van der Waals surface area contributed by atoms with Gasteiger partial charge in [0.2, 0.25) is 0 Å². The van der Waals surface area contributed by atoms with E-state index in [2.05, 4.69) is 22.4 Å². The van der Waals surface area contributed by atoms with Gasteiger partial charge in [-0.3, -0.25) is 0 Å². The van der Waals surface area contributed by atoms with E-state index in [1.807, 2.05) is 44.0 Å². The summed E-state index contributed by atoms with van der Waals surface area (Å²) >= 11 is 0. The van der Waals surface area contributed by atoms with Gasteiger partial charge < -0.3 is 14.0 Å². The van der Waals surface area contributed by atoms with Crippen LogP contribution in [-0.2, 0) is 4.74 Å². The molecule has 3 rings (SSSR count). The van der Waals surface area contributed by atoms with Crippen LogP contribution in [0.25, 0.3) is 5.65 Å². The van der Waals surface area contributed by atoms with E-state index < -0.39 is 5.60 Å². The zero-order chi connectivity index (χ0) is 16.6. The first kappa shape index (κ1) is 15.8. The van der Waals surface area contributed by atoms with Crippen molar-refractivity contribution in [3.63, 3.8) is 0 Å². The van der Waals surface area contributed by atoms with Gasteiger partial charge in [0, 0.05) is 36.6 Å². The average Bonchev–Trinajstić information content (AvgIpc) is 2.91. The monoisotopic (exact) mass is 315 g/mol. The molecule has 5 nitrogen and oxygen atoms in total. The van der Waals surface area contributed by atoms with Crippen LogP contribution in [0, 0.1) is 6.92 Å². The summed E-state index contributed by atoms with van der Waals surface area (Å²) in [7, 11) is 0. The van der Waals surface area contributed by atoms with Crippen molar-refractivity contribution in [1.29, 1.82) is 0 Å². The maximum absolute atomic E-state index is 12.2. The molecule has 1 aliphatic heterocycles. The number of fused-ring (bicyclic) bond motifs is 1. The summed E-state index contributed by atoms with van der Waals surface area (Å²) < 4.78 is 7.69. The van der Waals surface area contributed by atoms with Gasteiger partial charge in [-0.05, 0) is 52.7 Å².